The van der Waals surface area contributed by atoms with Crippen molar-refractivity contribution in [1.82, 2.24) is 4.40 Å². The van der Waals surface area contributed by atoms with E-state index in [0.29, 0.717) is 38.2 Å². The maximum Gasteiger partial charge on any atom is 0.361 e. The van der Waals surface area contributed by atoms with Crippen LogP contribution in [-0.2, 0) is 0 Å². The Bertz CT molecular complexity index is 1930. The molecule has 0 radical (unpaired) electrons. The summed E-state index contributed by atoms with van der Waals surface area (Å²) in [5.74, 6) is -0.444. The van der Waals surface area contributed by atoms with Gasteiger partial charge in [0, 0.05) is 34.0 Å². The predicted molar refractivity (Wildman–Crippen MR) is 134 cm³/mol. The number of benzene rings is 3. The van der Waals surface area contributed by atoms with Gasteiger partial charge in [0.25, 0.3) is 0 Å². The summed E-state index contributed by atoms with van der Waals surface area (Å²) in [7, 11) is 2.88. The summed E-state index contributed by atoms with van der Waals surface area (Å²) in [6, 6.07) is 12.3. The van der Waals surface area contributed by atoms with Gasteiger partial charge >= 0.3 is 5.63 Å². The quantitative estimate of drug-likeness (QED) is 0.206. The predicted octanol–water partition coefficient (Wildman–Crippen LogP) is 4.86. The summed E-state index contributed by atoms with van der Waals surface area (Å²) in [5, 5.41) is 43.4. The van der Waals surface area contributed by atoms with Crippen LogP contribution in [0.5, 0.6) is 34.5 Å². The van der Waals surface area contributed by atoms with E-state index in [2.05, 4.69) is 0 Å². The molecule has 9 nitrogen and oxygen atoms in total. The van der Waals surface area contributed by atoms with Crippen molar-refractivity contribution < 1.29 is 34.3 Å². The van der Waals surface area contributed by atoms with Crippen molar-refractivity contribution in [3.8, 4) is 45.6 Å². The number of phenolic OH excluding ortho intramolecular Hbond substituents is 4. The Balaban J connectivity index is 1.93. The molecule has 0 amide bonds. The summed E-state index contributed by atoms with van der Waals surface area (Å²) in [4.78, 5) is 13.3. The Morgan fingerprint density at radius 3 is 2.19 bits per heavy atom. The molecule has 6 rings (SSSR count). The van der Waals surface area contributed by atoms with E-state index in [1.165, 1.54) is 32.4 Å². The maximum atomic E-state index is 13.3. The molecule has 0 aliphatic carbocycles. The van der Waals surface area contributed by atoms with Gasteiger partial charge < -0.3 is 38.7 Å². The Kier molecular flexibility index (Phi) is 4.46. The van der Waals surface area contributed by atoms with Crippen LogP contribution in [0.25, 0.3) is 49.3 Å². The highest BCUT2D eigenvalue weighted by molar-refractivity contribution is 6.21. The zero-order valence-corrected chi connectivity index (χ0v) is 19.1. The van der Waals surface area contributed by atoms with Gasteiger partial charge in [-0.25, -0.2) is 4.79 Å². The lowest BCUT2D eigenvalue weighted by Crippen LogP contribution is -2.02. The van der Waals surface area contributed by atoms with Crippen LogP contribution in [0.3, 0.4) is 0 Å². The van der Waals surface area contributed by atoms with Gasteiger partial charge in [-0.2, -0.15) is 0 Å². The van der Waals surface area contributed by atoms with Crippen LogP contribution in [0.4, 0.5) is 0 Å². The first-order chi connectivity index (χ1) is 17.3. The molecule has 6 aromatic rings. The molecule has 0 bridgehead atoms. The summed E-state index contributed by atoms with van der Waals surface area (Å²) in [5.41, 5.74) is 1.31. The average Bonchev–Trinajstić information content (AvgIpc) is 3.21. The molecule has 0 aliphatic heterocycles. The number of hydrogen-bond donors (Lipinski definition) is 4. The maximum absolute atomic E-state index is 13.3. The molecule has 4 N–H and O–H groups in total. The fourth-order valence-corrected chi connectivity index (χ4v) is 4.82. The van der Waals surface area contributed by atoms with E-state index in [-0.39, 0.29) is 39.8 Å². The van der Waals surface area contributed by atoms with E-state index in [1.807, 2.05) is 0 Å². The average molecular weight is 485 g/mol. The van der Waals surface area contributed by atoms with Gasteiger partial charge in [-0.3, -0.25) is 0 Å². The van der Waals surface area contributed by atoms with Crippen molar-refractivity contribution in [3.63, 3.8) is 0 Å². The number of aromatic hydroxyl groups is 4. The number of phenols is 4. The number of hydrogen-bond acceptors (Lipinski definition) is 8. The van der Waals surface area contributed by atoms with Gasteiger partial charge in [-0.1, -0.05) is 6.07 Å². The van der Waals surface area contributed by atoms with E-state index >= 15 is 0 Å². The SMILES string of the molecule is COc1ccc(-c2c3c4cc(O)c(O)cc4oc(=O)c3n3ccc4cc(O)c(OC)cc4c23)cc1O. The van der Waals surface area contributed by atoms with E-state index in [1.54, 1.807) is 40.9 Å². The third-order valence-corrected chi connectivity index (χ3v) is 6.42. The molecule has 3 aromatic carbocycles. The summed E-state index contributed by atoms with van der Waals surface area (Å²) >= 11 is 0. The minimum atomic E-state index is -0.660. The lowest BCUT2D eigenvalue weighted by Gasteiger charge is -2.10. The highest BCUT2D eigenvalue weighted by Crippen LogP contribution is 2.45. The van der Waals surface area contributed by atoms with Gasteiger partial charge in [-0.05, 0) is 47.3 Å². The number of rotatable bonds is 3. The summed E-state index contributed by atoms with van der Waals surface area (Å²) in [6.45, 7) is 0. The standard InChI is InChI=1S/C27H19NO8/c1-34-20-4-3-13(8-18(20)31)23-24-15-9-16(29)17(30)11-21(15)36-27(33)26(24)28-6-5-12-7-19(32)22(35-2)10-14(12)25(23)28/h3-11,29-32H,1-2H3. The number of aromatic nitrogens is 1. The fraction of sp³-hybridized carbons (Fsp3) is 0.0741. The van der Waals surface area contributed by atoms with Crippen molar-refractivity contribution >= 4 is 38.2 Å². The van der Waals surface area contributed by atoms with Crippen LogP contribution < -0.4 is 15.1 Å². The molecule has 180 valence electrons. The van der Waals surface area contributed by atoms with Crippen LogP contribution in [0, 0.1) is 0 Å². The second-order valence-electron chi connectivity index (χ2n) is 8.36. The number of fused-ring (bicyclic) bond motifs is 7. The molecule has 0 spiro atoms. The molecule has 0 fully saturated rings. The van der Waals surface area contributed by atoms with Crippen molar-refractivity contribution in [3.05, 3.63) is 65.1 Å². The molecule has 0 unspecified atom stereocenters. The van der Waals surface area contributed by atoms with Crippen LogP contribution in [0.15, 0.2) is 63.9 Å². The molecule has 0 atom stereocenters. The molecule has 9 heteroatoms. The molecular formula is C27H19NO8. The normalized spacial score (nSPS) is 11.6. The van der Waals surface area contributed by atoms with Crippen molar-refractivity contribution in [2.45, 2.75) is 0 Å². The van der Waals surface area contributed by atoms with Gasteiger partial charge in [0.1, 0.15) is 11.1 Å². The summed E-state index contributed by atoms with van der Waals surface area (Å²) in [6.07, 6.45) is 1.68. The number of methoxy groups -OCH3 is 2. The summed E-state index contributed by atoms with van der Waals surface area (Å²) < 4.78 is 17.7. The minimum Gasteiger partial charge on any atom is -0.504 e. The minimum absolute atomic E-state index is 0.0422. The first kappa shape index (κ1) is 21.5. The second kappa shape index (κ2) is 7.47. The molecule has 0 saturated heterocycles. The topological polar surface area (TPSA) is 134 Å². The molecule has 3 heterocycles. The van der Waals surface area contributed by atoms with E-state index in [4.69, 9.17) is 13.9 Å². The number of nitrogens with zero attached hydrogens (tertiary/aromatic N) is 1. The highest BCUT2D eigenvalue weighted by atomic mass is 16.5. The van der Waals surface area contributed by atoms with Gasteiger partial charge in [0.15, 0.2) is 34.5 Å². The Labute approximate surface area is 202 Å². The third-order valence-electron chi connectivity index (χ3n) is 6.42. The largest absolute Gasteiger partial charge is 0.504 e. The monoisotopic (exact) mass is 485 g/mol. The van der Waals surface area contributed by atoms with E-state index in [0.717, 1.165) is 0 Å². The van der Waals surface area contributed by atoms with E-state index in [9.17, 15) is 25.2 Å². The van der Waals surface area contributed by atoms with Crippen LogP contribution in [-0.4, -0.2) is 39.0 Å². The molecule has 3 aromatic heterocycles. The lowest BCUT2D eigenvalue weighted by atomic mass is 9.98. The van der Waals surface area contributed by atoms with Crippen LogP contribution in [0.2, 0.25) is 0 Å². The van der Waals surface area contributed by atoms with Crippen LogP contribution in [0.1, 0.15) is 0 Å². The Hall–Kier alpha value is -5.05. The van der Waals surface area contributed by atoms with Gasteiger partial charge in [0.05, 0.1) is 19.7 Å². The van der Waals surface area contributed by atoms with Crippen LogP contribution >= 0.6 is 0 Å². The fourth-order valence-electron chi connectivity index (χ4n) is 4.82. The highest BCUT2D eigenvalue weighted by Gasteiger charge is 2.24. The number of ether oxygens (including phenoxy) is 2. The van der Waals surface area contributed by atoms with Crippen molar-refractivity contribution in [2.24, 2.45) is 0 Å². The first-order valence-electron chi connectivity index (χ1n) is 10.9. The smallest absolute Gasteiger partial charge is 0.361 e. The van der Waals surface area contributed by atoms with Gasteiger partial charge in [-0.15, -0.1) is 0 Å². The van der Waals surface area contributed by atoms with Crippen molar-refractivity contribution in [1.29, 1.82) is 0 Å². The van der Waals surface area contributed by atoms with Crippen molar-refractivity contribution in [2.75, 3.05) is 14.2 Å². The molecular weight excluding hydrogens is 466 g/mol. The number of pyridine rings is 1. The van der Waals surface area contributed by atoms with Gasteiger partial charge in [0.2, 0.25) is 0 Å². The Morgan fingerprint density at radius 1 is 0.750 bits per heavy atom. The zero-order chi connectivity index (χ0) is 25.3. The molecule has 36 heavy (non-hydrogen) atoms. The molecule has 0 saturated carbocycles. The second-order valence-corrected chi connectivity index (χ2v) is 8.36. The third kappa shape index (κ3) is 2.86. The Morgan fingerprint density at radius 2 is 1.47 bits per heavy atom. The van der Waals surface area contributed by atoms with E-state index < -0.39 is 11.4 Å². The molecule has 0 aliphatic rings. The lowest BCUT2D eigenvalue weighted by molar-refractivity contribution is 0.373. The zero-order valence-electron chi connectivity index (χ0n) is 19.1. The first-order valence-corrected chi connectivity index (χ1v) is 10.9.